The molecule has 0 aliphatic carbocycles. The van der Waals surface area contributed by atoms with Gasteiger partial charge in [-0.3, -0.25) is 9.59 Å². The third-order valence-corrected chi connectivity index (χ3v) is 1.88. The molecule has 0 saturated heterocycles. The van der Waals surface area contributed by atoms with Gasteiger partial charge in [-0.15, -0.1) is 10.2 Å². The van der Waals surface area contributed by atoms with Crippen LogP contribution in [0.2, 0.25) is 0 Å². The van der Waals surface area contributed by atoms with E-state index in [0.29, 0.717) is 16.8 Å². The highest BCUT2D eigenvalue weighted by Gasteiger charge is 2.22. The van der Waals surface area contributed by atoms with Crippen LogP contribution in [0.15, 0.2) is 28.4 Å². The molecular formula is C9H6N2O2. The van der Waals surface area contributed by atoms with Gasteiger partial charge in [-0.1, -0.05) is 12.1 Å². The lowest BCUT2D eigenvalue weighted by molar-refractivity contribution is 0.0976. The molecular weight excluding hydrogens is 168 g/mol. The molecule has 0 atom stereocenters. The molecule has 13 heavy (non-hydrogen) atoms. The molecule has 4 nitrogen and oxygen atoms in total. The van der Waals surface area contributed by atoms with Gasteiger partial charge in [-0.2, -0.15) is 0 Å². The van der Waals surface area contributed by atoms with E-state index in [-0.39, 0.29) is 5.78 Å². The van der Waals surface area contributed by atoms with Gasteiger partial charge in [-0.05, 0) is 13.0 Å². The fraction of sp³-hybridized carbons (Fsp3) is 0.111. The Balaban J connectivity index is 2.71. The minimum Gasteiger partial charge on any atom is -0.294 e. The number of hydrogen-bond donors (Lipinski definition) is 0. The summed E-state index contributed by atoms with van der Waals surface area (Å²) in [5, 5.41) is 7.03. The van der Waals surface area contributed by atoms with E-state index >= 15 is 0 Å². The second-order valence-electron chi connectivity index (χ2n) is 2.76. The van der Waals surface area contributed by atoms with E-state index in [4.69, 9.17) is 0 Å². The summed E-state index contributed by atoms with van der Waals surface area (Å²) in [5.74, 6) is -0.571. The molecule has 0 aromatic heterocycles. The highest BCUT2D eigenvalue weighted by Crippen LogP contribution is 2.29. The molecule has 1 amide bonds. The number of hydrogen-bond acceptors (Lipinski definition) is 3. The van der Waals surface area contributed by atoms with E-state index < -0.39 is 5.91 Å². The Labute approximate surface area is 74.3 Å². The van der Waals surface area contributed by atoms with Gasteiger partial charge in [0, 0.05) is 5.56 Å². The van der Waals surface area contributed by atoms with Crippen LogP contribution in [-0.4, -0.2) is 11.7 Å². The minimum absolute atomic E-state index is 0.141. The van der Waals surface area contributed by atoms with E-state index in [1.807, 2.05) is 0 Å². The average molecular weight is 174 g/mol. The largest absolute Gasteiger partial charge is 0.298 e. The van der Waals surface area contributed by atoms with E-state index in [1.165, 1.54) is 6.92 Å². The van der Waals surface area contributed by atoms with Crippen molar-refractivity contribution in [2.75, 3.05) is 0 Å². The monoisotopic (exact) mass is 174 g/mol. The molecule has 2 rings (SSSR count). The summed E-state index contributed by atoms with van der Waals surface area (Å²) in [6, 6.07) is 4.96. The Kier molecular flexibility index (Phi) is 1.55. The summed E-state index contributed by atoms with van der Waals surface area (Å²) in [5.41, 5.74) is 1.21. The van der Waals surface area contributed by atoms with E-state index in [2.05, 4.69) is 10.2 Å². The Hall–Kier alpha value is -1.84. The third kappa shape index (κ3) is 1.07. The van der Waals surface area contributed by atoms with Gasteiger partial charge in [0.1, 0.15) is 0 Å². The molecule has 64 valence electrons. The quantitative estimate of drug-likeness (QED) is 0.612. The molecule has 1 aliphatic rings. The number of carbonyl (C=O) groups is 2. The van der Waals surface area contributed by atoms with Crippen LogP contribution in [0.1, 0.15) is 27.6 Å². The predicted molar refractivity (Wildman–Crippen MR) is 45.3 cm³/mol. The van der Waals surface area contributed by atoms with Crippen LogP contribution in [0.5, 0.6) is 0 Å². The van der Waals surface area contributed by atoms with Crippen molar-refractivity contribution in [3.05, 3.63) is 29.3 Å². The first-order chi connectivity index (χ1) is 6.20. The second-order valence-corrected chi connectivity index (χ2v) is 2.76. The van der Waals surface area contributed by atoms with Crippen LogP contribution >= 0.6 is 0 Å². The number of ketones is 1. The molecule has 1 aliphatic heterocycles. The lowest BCUT2D eigenvalue weighted by Crippen LogP contribution is -2.01. The molecule has 0 unspecified atom stereocenters. The predicted octanol–water partition coefficient (Wildman–Crippen LogP) is 2.13. The lowest BCUT2D eigenvalue weighted by atomic mass is 10.0. The zero-order valence-corrected chi connectivity index (χ0v) is 6.94. The van der Waals surface area contributed by atoms with Crippen LogP contribution < -0.4 is 0 Å². The number of azo groups is 1. The number of nitrogens with zero attached hydrogens (tertiary/aromatic N) is 2. The maximum absolute atomic E-state index is 11.2. The van der Waals surface area contributed by atoms with Crippen molar-refractivity contribution in [1.29, 1.82) is 0 Å². The summed E-state index contributed by atoms with van der Waals surface area (Å²) in [6.07, 6.45) is 0. The number of amides is 1. The number of carbonyl (C=O) groups excluding carboxylic acids is 2. The SMILES string of the molecule is CC(=O)c1cccc2c1C(=O)N=N2. The molecule has 0 N–H and O–H groups in total. The van der Waals surface area contributed by atoms with Crippen molar-refractivity contribution < 1.29 is 9.59 Å². The zero-order valence-electron chi connectivity index (χ0n) is 6.94. The topological polar surface area (TPSA) is 58.9 Å². The number of Topliss-reactive ketones (excluding diaryl/α,β-unsaturated/α-hetero) is 1. The van der Waals surface area contributed by atoms with E-state index in [9.17, 15) is 9.59 Å². The van der Waals surface area contributed by atoms with Crippen molar-refractivity contribution in [2.24, 2.45) is 10.2 Å². The van der Waals surface area contributed by atoms with Crippen LogP contribution in [0.3, 0.4) is 0 Å². The number of rotatable bonds is 1. The van der Waals surface area contributed by atoms with Gasteiger partial charge in [0.05, 0.1) is 11.3 Å². The molecule has 0 bridgehead atoms. The van der Waals surface area contributed by atoms with Crippen molar-refractivity contribution >= 4 is 17.4 Å². The van der Waals surface area contributed by atoms with Gasteiger partial charge in [0.25, 0.3) is 5.91 Å². The maximum Gasteiger partial charge on any atom is 0.298 e. The highest BCUT2D eigenvalue weighted by molar-refractivity contribution is 6.11. The maximum atomic E-state index is 11.2. The van der Waals surface area contributed by atoms with Crippen molar-refractivity contribution in [2.45, 2.75) is 6.92 Å². The molecule has 1 aromatic carbocycles. The summed E-state index contributed by atoms with van der Waals surface area (Å²) < 4.78 is 0. The summed E-state index contributed by atoms with van der Waals surface area (Å²) in [7, 11) is 0. The van der Waals surface area contributed by atoms with E-state index in [0.717, 1.165) is 0 Å². The molecule has 0 saturated carbocycles. The van der Waals surface area contributed by atoms with E-state index in [1.54, 1.807) is 18.2 Å². The molecule has 4 heteroatoms. The third-order valence-electron chi connectivity index (χ3n) is 1.88. The van der Waals surface area contributed by atoms with Crippen molar-refractivity contribution in [3.63, 3.8) is 0 Å². The Morgan fingerprint density at radius 1 is 1.31 bits per heavy atom. The fourth-order valence-electron chi connectivity index (χ4n) is 1.29. The van der Waals surface area contributed by atoms with Gasteiger partial charge in [-0.25, -0.2) is 0 Å². The molecule has 0 fully saturated rings. The van der Waals surface area contributed by atoms with Crippen molar-refractivity contribution in [3.8, 4) is 0 Å². The van der Waals surface area contributed by atoms with Gasteiger partial charge < -0.3 is 0 Å². The normalized spacial score (nSPS) is 13.2. The first-order valence-corrected chi connectivity index (χ1v) is 3.80. The molecule has 1 aromatic rings. The first kappa shape index (κ1) is 7.79. The summed E-state index contributed by atoms with van der Waals surface area (Å²) >= 11 is 0. The second kappa shape index (κ2) is 2.58. The zero-order chi connectivity index (χ0) is 9.42. The van der Waals surface area contributed by atoms with Gasteiger partial charge >= 0.3 is 0 Å². The standard InChI is InChI=1S/C9H6N2O2/c1-5(12)6-3-2-4-7-8(6)9(13)11-10-7/h2-4H,1H3. The highest BCUT2D eigenvalue weighted by atomic mass is 16.2. The lowest BCUT2D eigenvalue weighted by Gasteiger charge is -1.99. The van der Waals surface area contributed by atoms with Crippen LogP contribution in [0.25, 0.3) is 0 Å². The van der Waals surface area contributed by atoms with Gasteiger partial charge in [0.15, 0.2) is 5.78 Å². The Morgan fingerprint density at radius 3 is 2.77 bits per heavy atom. The minimum atomic E-state index is -0.430. The summed E-state index contributed by atoms with van der Waals surface area (Å²) in [6.45, 7) is 1.42. The fourth-order valence-corrected chi connectivity index (χ4v) is 1.29. The molecule has 0 radical (unpaired) electrons. The van der Waals surface area contributed by atoms with Crippen LogP contribution in [0.4, 0.5) is 5.69 Å². The molecule has 1 heterocycles. The van der Waals surface area contributed by atoms with Gasteiger partial charge in [0.2, 0.25) is 0 Å². The van der Waals surface area contributed by atoms with Crippen LogP contribution in [-0.2, 0) is 0 Å². The number of benzene rings is 1. The summed E-state index contributed by atoms with van der Waals surface area (Å²) in [4.78, 5) is 22.3. The van der Waals surface area contributed by atoms with Crippen molar-refractivity contribution in [1.82, 2.24) is 0 Å². The first-order valence-electron chi connectivity index (χ1n) is 3.80. The number of fused-ring (bicyclic) bond motifs is 1. The Morgan fingerprint density at radius 2 is 2.08 bits per heavy atom. The Bertz CT molecular complexity index is 435. The van der Waals surface area contributed by atoms with Crippen LogP contribution in [0, 0.1) is 0 Å². The molecule has 0 spiro atoms. The smallest absolute Gasteiger partial charge is 0.294 e. The average Bonchev–Trinajstić information content (AvgIpc) is 2.48.